The van der Waals surface area contributed by atoms with Crippen LogP contribution in [0, 0.1) is 5.92 Å². The summed E-state index contributed by atoms with van der Waals surface area (Å²) in [5.41, 5.74) is 8.30. The average molecular weight is 137 g/mol. The molecule has 2 N–H and O–H groups in total. The molecule has 1 unspecified atom stereocenters. The number of nitrogens with two attached hydrogens (primary N) is 1. The lowest BCUT2D eigenvalue weighted by atomic mass is 9.92. The zero-order valence-corrected chi connectivity index (χ0v) is 6.72. The van der Waals surface area contributed by atoms with Gasteiger partial charge in [0.05, 0.1) is 0 Å². The minimum absolute atomic E-state index is 0.690. The topological polar surface area (TPSA) is 26.0 Å². The van der Waals surface area contributed by atoms with Crippen molar-refractivity contribution in [1.29, 1.82) is 0 Å². The summed E-state index contributed by atoms with van der Waals surface area (Å²) >= 11 is 0. The van der Waals surface area contributed by atoms with Crippen molar-refractivity contribution in [2.45, 2.75) is 20.3 Å². The van der Waals surface area contributed by atoms with Crippen LogP contribution in [0.5, 0.6) is 0 Å². The van der Waals surface area contributed by atoms with Crippen LogP contribution in [0.1, 0.15) is 20.3 Å². The third kappa shape index (κ3) is 1.48. The highest BCUT2D eigenvalue weighted by Gasteiger charge is 2.07. The van der Waals surface area contributed by atoms with E-state index in [0.29, 0.717) is 12.5 Å². The highest BCUT2D eigenvalue weighted by Crippen LogP contribution is 2.21. The van der Waals surface area contributed by atoms with Crippen molar-refractivity contribution in [3.05, 3.63) is 23.3 Å². The third-order valence-corrected chi connectivity index (χ3v) is 2.02. The summed E-state index contributed by atoms with van der Waals surface area (Å²) in [6.07, 6.45) is 5.57. The predicted octanol–water partition coefficient (Wildman–Crippen LogP) is 1.86. The molecule has 0 saturated carbocycles. The van der Waals surface area contributed by atoms with Gasteiger partial charge in [-0.15, -0.1) is 0 Å². The molecule has 1 rings (SSSR count). The largest absolute Gasteiger partial charge is 0.326 e. The van der Waals surface area contributed by atoms with Gasteiger partial charge in [0.2, 0.25) is 0 Å². The van der Waals surface area contributed by atoms with E-state index in [4.69, 9.17) is 5.73 Å². The Morgan fingerprint density at radius 1 is 1.70 bits per heavy atom. The maximum Gasteiger partial charge on any atom is 0.0177 e. The van der Waals surface area contributed by atoms with E-state index in [1.807, 2.05) is 0 Å². The molecule has 1 heteroatoms. The zero-order chi connectivity index (χ0) is 7.56. The van der Waals surface area contributed by atoms with Crippen molar-refractivity contribution in [3.8, 4) is 0 Å². The van der Waals surface area contributed by atoms with E-state index >= 15 is 0 Å². The van der Waals surface area contributed by atoms with Crippen LogP contribution in [0.15, 0.2) is 23.3 Å². The van der Waals surface area contributed by atoms with Crippen LogP contribution in [-0.2, 0) is 0 Å². The standard InChI is InChI=1S/C9H15N/c1-7-3-4-9(6-10)8(2)5-7/h3-4,7H,5-6,10H2,1-2H3. The molecular weight excluding hydrogens is 122 g/mol. The molecule has 0 bridgehead atoms. The van der Waals surface area contributed by atoms with Crippen LogP contribution in [0.4, 0.5) is 0 Å². The fourth-order valence-electron chi connectivity index (χ4n) is 1.35. The zero-order valence-electron chi connectivity index (χ0n) is 6.72. The molecule has 1 aliphatic carbocycles. The molecule has 0 aliphatic heterocycles. The molecule has 10 heavy (non-hydrogen) atoms. The Kier molecular flexibility index (Phi) is 2.28. The Labute approximate surface area is 62.6 Å². The van der Waals surface area contributed by atoms with Gasteiger partial charge in [-0.05, 0) is 24.8 Å². The lowest BCUT2D eigenvalue weighted by Crippen LogP contribution is -2.08. The molecule has 0 aromatic carbocycles. The average Bonchev–Trinajstić information content (AvgIpc) is 1.88. The first-order valence-electron chi connectivity index (χ1n) is 3.81. The normalized spacial score (nSPS) is 25.7. The molecule has 0 amide bonds. The maximum atomic E-state index is 5.53. The number of hydrogen-bond donors (Lipinski definition) is 1. The fraction of sp³-hybridized carbons (Fsp3) is 0.556. The smallest absolute Gasteiger partial charge is 0.0177 e. The molecule has 1 aliphatic rings. The van der Waals surface area contributed by atoms with E-state index in [2.05, 4.69) is 26.0 Å². The summed E-state index contributed by atoms with van der Waals surface area (Å²) in [4.78, 5) is 0. The van der Waals surface area contributed by atoms with Gasteiger partial charge in [-0.25, -0.2) is 0 Å². The van der Waals surface area contributed by atoms with E-state index < -0.39 is 0 Å². The monoisotopic (exact) mass is 137 g/mol. The Bertz CT molecular complexity index is 177. The van der Waals surface area contributed by atoms with Crippen molar-refractivity contribution in [1.82, 2.24) is 0 Å². The van der Waals surface area contributed by atoms with Gasteiger partial charge in [-0.3, -0.25) is 0 Å². The Morgan fingerprint density at radius 3 is 2.90 bits per heavy atom. The maximum absolute atomic E-state index is 5.53. The highest BCUT2D eigenvalue weighted by molar-refractivity contribution is 5.30. The number of hydrogen-bond acceptors (Lipinski definition) is 1. The Balaban J connectivity index is 2.73. The van der Waals surface area contributed by atoms with Crippen LogP contribution in [0.2, 0.25) is 0 Å². The molecule has 0 aromatic heterocycles. The van der Waals surface area contributed by atoms with Gasteiger partial charge >= 0.3 is 0 Å². The van der Waals surface area contributed by atoms with Crippen LogP contribution in [0.3, 0.4) is 0 Å². The highest BCUT2D eigenvalue weighted by atomic mass is 14.5. The van der Waals surface area contributed by atoms with Crippen molar-refractivity contribution in [2.24, 2.45) is 11.7 Å². The van der Waals surface area contributed by atoms with E-state index in [0.717, 1.165) is 0 Å². The van der Waals surface area contributed by atoms with Crippen LogP contribution >= 0.6 is 0 Å². The van der Waals surface area contributed by atoms with Gasteiger partial charge in [0.25, 0.3) is 0 Å². The second-order valence-corrected chi connectivity index (χ2v) is 3.05. The molecule has 0 spiro atoms. The first kappa shape index (κ1) is 7.55. The van der Waals surface area contributed by atoms with Crippen molar-refractivity contribution >= 4 is 0 Å². The van der Waals surface area contributed by atoms with Crippen molar-refractivity contribution < 1.29 is 0 Å². The molecule has 1 nitrogen and oxygen atoms in total. The van der Waals surface area contributed by atoms with Gasteiger partial charge < -0.3 is 5.73 Å². The lowest BCUT2D eigenvalue weighted by Gasteiger charge is -2.15. The van der Waals surface area contributed by atoms with Crippen LogP contribution in [0.25, 0.3) is 0 Å². The second-order valence-electron chi connectivity index (χ2n) is 3.05. The summed E-state index contributed by atoms with van der Waals surface area (Å²) < 4.78 is 0. The third-order valence-electron chi connectivity index (χ3n) is 2.02. The van der Waals surface area contributed by atoms with E-state index in [-0.39, 0.29) is 0 Å². The first-order valence-corrected chi connectivity index (χ1v) is 3.81. The summed E-state index contributed by atoms with van der Waals surface area (Å²) in [6.45, 7) is 5.09. The van der Waals surface area contributed by atoms with Crippen molar-refractivity contribution in [2.75, 3.05) is 6.54 Å². The molecule has 0 saturated heterocycles. The van der Waals surface area contributed by atoms with Gasteiger partial charge in [0, 0.05) is 6.54 Å². The quantitative estimate of drug-likeness (QED) is 0.586. The SMILES string of the molecule is CC1=C(CN)C=CC(C)C1. The molecule has 0 fully saturated rings. The molecule has 56 valence electrons. The van der Waals surface area contributed by atoms with Crippen molar-refractivity contribution in [3.63, 3.8) is 0 Å². The predicted molar refractivity (Wildman–Crippen MR) is 44.7 cm³/mol. The first-order chi connectivity index (χ1) is 4.74. The summed E-state index contributed by atoms with van der Waals surface area (Å²) in [5.74, 6) is 0.704. The second kappa shape index (κ2) is 3.02. The molecule has 0 aromatic rings. The molecule has 0 heterocycles. The molecule has 1 atom stereocenters. The fourth-order valence-corrected chi connectivity index (χ4v) is 1.35. The Morgan fingerprint density at radius 2 is 2.40 bits per heavy atom. The lowest BCUT2D eigenvalue weighted by molar-refractivity contribution is 0.697. The van der Waals surface area contributed by atoms with Gasteiger partial charge in [-0.1, -0.05) is 24.6 Å². The van der Waals surface area contributed by atoms with Gasteiger partial charge in [0.15, 0.2) is 0 Å². The Hall–Kier alpha value is -0.560. The van der Waals surface area contributed by atoms with Gasteiger partial charge in [0.1, 0.15) is 0 Å². The number of allylic oxidation sites excluding steroid dienone is 2. The molecule has 0 radical (unpaired) electrons. The van der Waals surface area contributed by atoms with Crippen LogP contribution < -0.4 is 5.73 Å². The summed E-state index contributed by atoms with van der Waals surface area (Å²) in [6, 6.07) is 0. The van der Waals surface area contributed by atoms with E-state index in [1.54, 1.807) is 0 Å². The van der Waals surface area contributed by atoms with E-state index in [1.165, 1.54) is 17.6 Å². The summed E-state index contributed by atoms with van der Waals surface area (Å²) in [7, 11) is 0. The summed E-state index contributed by atoms with van der Waals surface area (Å²) in [5, 5.41) is 0. The molecular formula is C9H15N. The minimum atomic E-state index is 0.690. The van der Waals surface area contributed by atoms with Gasteiger partial charge in [-0.2, -0.15) is 0 Å². The number of rotatable bonds is 1. The minimum Gasteiger partial charge on any atom is -0.326 e. The van der Waals surface area contributed by atoms with E-state index in [9.17, 15) is 0 Å². The van der Waals surface area contributed by atoms with Crippen LogP contribution in [-0.4, -0.2) is 6.54 Å².